The Kier molecular flexibility index (Phi) is 3.38. The summed E-state index contributed by atoms with van der Waals surface area (Å²) in [5.74, 6) is -0.0919. The summed E-state index contributed by atoms with van der Waals surface area (Å²) in [5.41, 5.74) is 0.898. The summed E-state index contributed by atoms with van der Waals surface area (Å²) in [7, 11) is 2.72. The molecule has 0 amide bonds. The highest BCUT2D eigenvalue weighted by molar-refractivity contribution is 5.95. The minimum Gasteiger partial charge on any atom is -0.496 e. The third kappa shape index (κ3) is 2.12. The summed E-state index contributed by atoms with van der Waals surface area (Å²) < 4.78 is 9.55. The fourth-order valence-corrected chi connectivity index (χ4v) is 1.24. The number of hydrogen-bond acceptors (Lipinski definition) is 5. The Bertz CT molecular complexity index is 401. The predicted molar refractivity (Wildman–Crippen MR) is 54.5 cm³/mol. The number of ether oxygens (including phenoxy) is 2. The van der Waals surface area contributed by atoms with E-state index in [2.05, 4.69) is 9.91 Å². The van der Waals surface area contributed by atoms with Crippen molar-refractivity contribution in [3.63, 3.8) is 0 Å². The molecular formula is C10H11NO4. The average molecular weight is 209 g/mol. The van der Waals surface area contributed by atoms with E-state index in [1.165, 1.54) is 26.4 Å². The number of benzene rings is 1. The van der Waals surface area contributed by atoms with E-state index >= 15 is 0 Å². The molecular weight excluding hydrogens is 198 g/mol. The summed E-state index contributed by atoms with van der Waals surface area (Å²) in [6, 6.07) is 2.93. The summed E-state index contributed by atoms with van der Waals surface area (Å²) in [6.45, 7) is 1.76. The molecule has 80 valence electrons. The largest absolute Gasteiger partial charge is 0.496 e. The van der Waals surface area contributed by atoms with Crippen LogP contribution in [0.2, 0.25) is 0 Å². The summed E-state index contributed by atoms with van der Waals surface area (Å²) >= 11 is 0. The van der Waals surface area contributed by atoms with Crippen molar-refractivity contribution in [2.75, 3.05) is 14.2 Å². The lowest BCUT2D eigenvalue weighted by atomic mass is 10.1. The lowest BCUT2D eigenvalue weighted by Gasteiger charge is -2.07. The maximum absolute atomic E-state index is 11.3. The van der Waals surface area contributed by atoms with Gasteiger partial charge in [0.2, 0.25) is 0 Å². The fourth-order valence-electron chi connectivity index (χ4n) is 1.24. The molecule has 0 heterocycles. The van der Waals surface area contributed by atoms with Crippen LogP contribution in [-0.4, -0.2) is 20.2 Å². The zero-order valence-electron chi connectivity index (χ0n) is 8.73. The summed E-state index contributed by atoms with van der Waals surface area (Å²) in [5, 5.41) is 2.77. The second kappa shape index (κ2) is 4.54. The highest BCUT2D eigenvalue weighted by Crippen LogP contribution is 2.28. The number of hydrogen-bond donors (Lipinski definition) is 0. The maximum atomic E-state index is 11.3. The molecule has 0 aromatic heterocycles. The highest BCUT2D eigenvalue weighted by Gasteiger charge is 2.15. The minimum absolute atomic E-state index is 0.0557. The molecule has 0 unspecified atom stereocenters. The van der Waals surface area contributed by atoms with Crippen molar-refractivity contribution in [2.45, 2.75) is 6.92 Å². The zero-order valence-corrected chi connectivity index (χ0v) is 8.73. The summed E-state index contributed by atoms with van der Waals surface area (Å²) in [4.78, 5) is 21.8. The van der Waals surface area contributed by atoms with Gasteiger partial charge in [-0.25, -0.2) is 4.79 Å². The molecule has 0 fully saturated rings. The van der Waals surface area contributed by atoms with Crippen molar-refractivity contribution in [2.24, 2.45) is 5.18 Å². The first-order valence-electron chi connectivity index (χ1n) is 4.24. The Morgan fingerprint density at radius 2 is 2.00 bits per heavy atom. The van der Waals surface area contributed by atoms with Gasteiger partial charge in [0.15, 0.2) is 0 Å². The molecule has 0 spiro atoms. The van der Waals surface area contributed by atoms with E-state index in [0.29, 0.717) is 5.75 Å². The van der Waals surface area contributed by atoms with Crippen molar-refractivity contribution in [3.8, 4) is 5.75 Å². The van der Waals surface area contributed by atoms with E-state index < -0.39 is 5.97 Å². The molecule has 15 heavy (non-hydrogen) atoms. The molecule has 1 rings (SSSR count). The highest BCUT2D eigenvalue weighted by atomic mass is 16.5. The molecule has 1 aromatic rings. The first kappa shape index (κ1) is 11.2. The van der Waals surface area contributed by atoms with Gasteiger partial charge in [-0.1, -0.05) is 0 Å². The van der Waals surface area contributed by atoms with Crippen LogP contribution in [-0.2, 0) is 4.74 Å². The van der Waals surface area contributed by atoms with Crippen LogP contribution in [0.3, 0.4) is 0 Å². The van der Waals surface area contributed by atoms with Gasteiger partial charge in [-0.2, -0.15) is 0 Å². The topological polar surface area (TPSA) is 65.0 Å². The van der Waals surface area contributed by atoms with Gasteiger partial charge in [-0.3, -0.25) is 0 Å². The molecule has 0 aliphatic heterocycles. The van der Waals surface area contributed by atoms with Crippen LogP contribution in [0.25, 0.3) is 0 Å². The van der Waals surface area contributed by atoms with E-state index in [4.69, 9.17) is 4.74 Å². The standard InChI is InChI=1S/C10H11NO4/c1-6-4-8(11-13)7(10(12)15-3)5-9(6)14-2/h4-5H,1-3H3. The van der Waals surface area contributed by atoms with Crippen molar-refractivity contribution in [1.82, 2.24) is 0 Å². The van der Waals surface area contributed by atoms with Crippen LogP contribution < -0.4 is 4.74 Å². The number of rotatable bonds is 3. The first-order valence-corrected chi connectivity index (χ1v) is 4.24. The zero-order chi connectivity index (χ0) is 11.4. The quantitative estimate of drug-likeness (QED) is 0.565. The van der Waals surface area contributed by atoms with Crippen LogP contribution in [0.4, 0.5) is 5.69 Å². The van der Waals surface area contributed by atoms with E-state index in [1.807, 2.05) is 0 Å². The van der Waals surface area contributed by atoms with Crippen LogP contribution in [0.15, 0.2) is 17.3 Å². The maximum Gasteiger partial charge on any atom is 0.340 e. The predicted octanol–water partition coefficient (Wildman–Crippen LogP) is 2.19. The van der Waals surface area contributed by atoms with Gasteiger partial charge < -0.3 is 9.47 Å². The third-order valence-electron chi connectivity index (χ3n) is 2.02. The van der Waals surface area contributed by atoms with E-state index in [9.17, 15) is 9.70 Å². The molecule has 0 aliphatic carbocycles. The monoisotopic (exact) mass is 209 g/mol. The van der Waals surface area contributed by atoms with Gasteiger partial charge in [0.25, 0.3) is 0 Å². The molecule has 5 nitrogen and oxygen atoms in total. The first-order chi connectivity index (χ1) is 7.13. The lowest BCUT2D eigenvalue weighted by Crippen LogP contribution is -2.02. The van der Waals surface area contributed by atoms with Gasteiger partial charge in [-0.05, 0) is 29.8 Å². The summed E-state index contributed by atoms with van der Waals surface area (Å²) in [6.07, 6.45) is 0. The minimum atomic E-state index is -0.608. The number of esters is 1. The Hall–Kier alpha value is -1.91. The van der Waals surface area contributed by atoms with Crippen molar-refractivity contribution >= 4 is 11.7 Å². The molecule has 1 aromatic carbocycles. The Morgan fingerprint density at radius 1 is 1.33 bits per heavy atom. The molecule has 0 saturated heterocycles. The number of nitroso groups, excluding NO2 is 1. The second-order valence-electron chi connectivity index (χ2n) is 2.92. The number of methoxy groups -OCH3 is 2. The lowest BCUT2D eigenvalue weighted by molar-refractivity contribution is 0.0601. The van der Waals surface area contributed by atoms with E-state index in [-0.39, 0.29) is 11.3 Å². The van der Waals surface area contributed by atoms with Gasteiger partial charge >= 0.3 is 5.97 Å². The second-order valence-corrected chi connectivity index (χ2v) is 2.92. The number of nitrogens with zero attached hydrogens (tertiary/aromatic N) is 1. The Balaban J connectivity index is 3.34. The van der Waals surface area contributed by atoms with Gasteiger partial charge in [0.05, 0.1) is 19.8 Å². The number of aryl methyl sites for hydroxylation is 1. The SMILES string of the molecule is COC(=O)c1cc(OC)c(C)cc1N=O. The van der Waals surface area contributed by atoms with Crippen molar-refractivity contribution in [1.29, 1.82) is 0 Å². The van der Waals surface area contributed by atoms with Crippen LogP contribution >= 0.6 is 0 Å². The number of carbonyl (C=O) groups excluding carboxylic acids is 1. The van der Waals surface area contributed by atoms with Crippen LogP contribution in [0, 0.1) is 11.8 Å². The van der Waals surface area contributed by atoms with E-state index in [0.717, 1.165) is 5.56 Å². The molecule has 5 heteroatoms. The normalized spacial score (nSPS) is 9.53. The third-order valence-corrected chi connectivity index (χ3v) is 2.02. The molecule has 0 saturated carbocycles. The van der Waals surface area contributed by atoms with Gasteiger partial charge in [-0.15, -0.1) is 4.91 Å². The number of carbonyl (C=O) groups is 1. The van der Waals surface area contributed by atoms with E-state index in [1.54, 1.807) is 6.92 Å². The smallest absolute Gasteiger partial charge is 0.340 e. The molecule has 0 N–H and O–H groups in total. The molecule has 0 atom stereocenters. The van der Waals surface area contributed by atoms with Gasteiger partial charge in [0, 0.05) is 0 Å². The van der Waals surface area contributed by atoms with Crippen molar-refractivity contribution in [3.05, 3.63) is 28.2 Å². The molecule has 0 aliphatic rings. The van der Waals surface area contributed by atoms with Crippen LogP contribution in [0.1, 0.15) is 15.9 Å². The molecule has 0 radical (unpaired) electrons. The average Bonchev–Trinajstić information content (AvgIpc) is 2.27. The Labute approximate surface area is 87.0 Å². The van der Waals surface area contributed by atoms with Gasteiger partial charge in [0.1, 0.15) is 11.4 Å². The molecule has 0 bridgehead atoms. The Morgan fingerprint density at radius 3 is 2.47 bits per heavy atom. The van der Waals surface area contributed by atoms with Crippen molar-refractivity contribution < 1.29 is 14.3 Å². The fraction of sp³-hybridized carbons (Fsp3) is 0.300. The van der Waals surface area contributed by atoms with Crippen LogP contribution in [0.5, 0.6) is 5.75 Å².